The number of hydrogen-bond acceptors (Lipinski definition) is 6. The van der Waals surface area contributed by atoms with Gasteiger partial charge >= 0.3 is 0 Å². The van der Waals surface area contributed by atoms with E-state index in [1.54, 1.807) is 12.4 Å². The number of amides is 1. The molecule has 0 spiro atoms. The van der Waals surface area contributed by atoms with Crippen molar-refractivity contribution >= 4 is 28.5 Å². The van der Waals surface area contributed by atoms with E-state index in [1.165, 1.54) is 38.1 Å². The van der Waals surface area contributed by atoms with Gasteiger partial charge in [0.05, 0.1) is 25.5 Å². The largest absolute Gasteiger partial charge is 0.493 e. The highest BCUT2D eigenvalue weighted by molar-refractivity contribution is 8.13. The van der Waals surface area contributed by atoms with E-state index in [4.69, 9.17) is 20.5 Å². The Morgan fingerprint density at radius 1 is 1.40 bits per heavy atom. The first-order valence-electron chi connectivity index (χ1n) is 5.41. The predicted octanol–water partition coefficient (Wildman–Crippen LogP) is 1.22. The van der Waals surface area contributed by atoms with Crippen LogP contribution in [0.3, 0.4) is 0 Å². The zero-order valence-corrected chi connectivity index (χ0v) is 12.1. The van der Waals surface area contributed by atoms with Crippen LogP contribution in [0.4, 0.5) is 5.69 Å². The van der Waals surface area contributed by atoms with Crippen LogP contribution in [0, 0.1) is 11.5 Å². The highest BCUT2D eigenvalue weighted by atomic mass is 32.2. The minimum absolute atomic E-state index is 0.175. The van der Waals surface area contributed by atoms with Gasteiger partial charge in [0.25, 0.3) is 5.91 Å². The van der Waals surface area contributed by atoms with Crippen molar-refractivity contribution in [2.45, 2.75) is 0 Å². The Bertz CT molecular complexity index is 581. The highest BCUT2D eigenvalue weighted by Gasteiger charge is 2.15. The molecule has 0 radical (unpaired) electrons. The molecule has 0 unspecified atom stereocenters. The molecule has 0 saturated heterocycles. The van der Waals surface area contributed by atoms with Gasteiger partial charge in [0, 0.05) is 6.07 Å². The molecule has 0 fully saturated rings. The molecule has 0 aliphatic rings. The number of carbonyl (C=O) groups is 1. The van der Waals surface area contributed by atoms with Crippen molar-refractivity contribution in [3.63, 3.8) is 0 Å². The molecule has 1 aromatic carbocycles. The molecule has 106 valence electrons. The maximum atomic E-state index is 11.5. The van der Waals surface area contributed by atoms with Gasteiger partial charge in [-0.15, -0.1) is 0 Å². The molecule has 20 heavy (non-hydrogen) atoms. The number of methoxy groups -OCH3 is 2. The smallest absolute Gasteiger partial charge is 0.251 e. The van der Waals surface area contributed by atoms with Crippen LogP contribution in [0.2, 0.25) is 0 Å². The maximum absolute atomic E-state index is 11.5. The first-order valence-corrected chi connectivity index (χ1v) is 6.63. The summed E-state index contributed by atoms with van der Waals surface area (Å²) in [4.78, 5) is 15.7. The van der Waals surface area contributed by atoms with E-state index in [2.05, 4.69) is 10.3 Å². The number of nitrogens with zero attached hydrogens (tertiary/aromatic N) is 2. The number of nitriles is 1. The Hall–Kier alpha value is -2.40. The SMILES string of the molecule is COc1cc(N=C(NC#N)SC)c(C(N)=O)cc1OC. The fourth-order valence-electron chi connectivity index (χ4n) is 1.44. The van der Waals surface area contributed by atoms with Gasteiger partial charge in [-0.2, -0.15) is 5.26 Å². The molecule has 0 aliphatic carbocycles. The Morgan fingerprint density at radius 3 is 2.45 bits per heavy atom. The Morgan fingerprint density at radius 2 is 2.00 bits per heavy atom. The van der Waals surface area contributed by atoms with Crippen LogP contribution < -0.4 is 20.5 Å². The van der Waals surface area contributed by atoms with E-state index < -0.39 is 5.91 Å². The summed E-state index contributed by atoms with van der Waals surface area (Å²) in [6.45, 7) is 0. The Balaban J connectivity index is 3.43. The molecule has 8 heteroatoms. The second kappa shape index (κ2) is 7.25. The molecule has 1 amide bonds. The normalized spacial score (nSPS) is 10.6. The Kier molecular flexibility index (Phi) is 5.68. The van der Waals surface area contributed by atoms with Crippen LogP contribution in [0.1, 0.15) is 10.4 Å². The number of hydrogen-bond donors (Lipinski definition) is 2. The number of benzene rings is 1. The standard InChI is InChI=1S/C12H14N4O3S/c1-18-9-4-7(11(14)17)8(5-10(9)19-2)16-12(20-3)15-6-13/h4-5H,1-3H3,(H2,14,17)(H,15,16). The zero-order chi connectivity index (χ0) is 15.1. The number of carbonyl (C=O) groups excluding carboxylic acids is 1. The van der Waals surface area contributed by atoms with Crippen molar-refractivity contribution in [2.24, 2.45) is 10.7 Å². The summed E-state index contributed by atoms with van der Waals surface area (Å²) >= 11 is 1.23. The lowest BCUT2D eigenvalue weighted by molar-refractivity contribution is 0.100. The van der Waals surface area contributed by atoms with Crippen molar-refractivity contribution in [1.29, 1.82) is 5.26 Å². The third kappa shape index (κ3) is 3.55. The second-order valence-corrected chi connectivity index (χ2v) is 4.24. The summed E-state index contributed by atoms with van der Waals surface area (Å²) in [5.41, 5.74) is 5.79. The lowest BCUT2D eigenvalue weighted by Gasteiger charge is -2.11. The molecule has 0 bridgehead atoms. The van der Waals surface area contributed by atoms with Gasteiger partial charge in [-0.1, -0.05) is 11.8 Å². The van der Waals surface area contributed by atoms with Gasteiger partial charge in [0.1, 0.15) is 0 Å². The van der Waals surface area contributed by atoms with Gasteiger partial charge in [0.2, 0.25) is 0 Å². The van der Waals surface area contributed by atoms with Crippen LogP contribution >= 0.6 is 11.8 Å². The van der Waals surface area contributed by atoms with Crippen molar-refractivity contribution in [3.8, 4) is 17.7 Å². The molecule has 0 saturated carbocycles. The molecular weight excluding hydrogens is 280 g/mol. The highest BCUT2D eigenvalue weighted by Crippen LogP contribution is 2.35. The van der Waals surface area contributed by atoms with Crippen LogP contribution in [-0.2, 0) is 0 Å². The number of rotatable bonds is 4. The molecular formula is C12H14N4O3S. The fourth-order valence-corrected chi connectivity index (χ4v) is 1.78. The van der Waals surface area contributed by atoms with E-state index in [0.29, 0.717) is 22.4 Å². The average Bonchev–Trinajstić information content (AvgIpc) is 2.45. The summed E-state index contributed by atoms with van der Waals surface area (Å²) in [6, 6.07) is 2.97. The molecule has 0 aromatic heterocycles. The molecule has 3 N–H and O–H groups in total. The minimum Gasteiger partial charge on any atom is -0.493 e. The first kappa shape index (κ1) is 15.7. The number of aliphatic imine (C=N–C) groups is 1. The predicted molar refractivity (Wildman–Crippen MR) is 77.4 cm³/mol. The number of thioether (sulfide) groups is 1. The third-order valence-corrected chi connectivity index (χ3v) is 2.93. The summed E-state index contributed by atoms with van der Waals surface area (Å²) in [7, 11) is 2.93. The quantitative estimate of drug-likeness (QED) is 0.374. The van der Waals surface area contributed by atoms with E-state index in [-0.39, 0.29) is 5.56 Å². The maximum Gasteiger partial charge on any atom is 0.251 e. The molecule has 0 atom stereocenters. The molecule has 1 rings (SSSR count). The molecule has 1 aromatic rings. The van der Waals surface area contributed by atoms with Crippen molar-refractivity contribution in [3.05, 3.63) is 17.7 Å². The lowest BCUT2D eigenvalue weighted by Crippen LogP contribution is -2.15. The number of ether oxygens (including phenoxy) is 2. The summed E-state index contributed by atoms with van der Waals surface area (Å²) in [5, 5.41) is 11.4. The van der Waals surface area contributed by atoms with Crippen LogP contribution in [0.5, 0.6) is 11.5 Å². The van der Waals surface area contributed by atoms with E-state index >= 15 is 0 Å². The minimum atomic E-state index is -0.651. The summed E-state index contributed by atoms with van der Waals surface area (Å²) < 4.78 is 10.3. The van der Waals surface area contributed by atoms with E-state index in [9.17, 15) is 4.79 Å². The van der Waals surface area contributed by atoms with Gasteiger partial charge in [-0.3, -0.25) is 10.1 Å². The van der Waals surface area contributed by atoms with Crippen molar-refractivity contribution in [2.75, 3.05) is 20.5 Å². The first-order chi connectivity index (χ1) is 9.57. The number of primary amides is 1. The lowest BCUT2D eigenvalue weighted by atomic mass is 10.1. The number of amidine groups is 1. The van der Waals surface area contributed by atoms with Gasteiger partial charge in [0.15, 0.2) is 22.9 Å². The molecule has 0 aliphatic heterocycles. The number of nitrogens with two attached hydrogens (primary N) is 1. The monoisotopic (exact) mass is 294 g/mol. The third-order valence-electron chi connectivity index (χ3n) is 2.35. The van der Waals surface area contributed by atoms with Crippen LogP contribution in [0.25, 0.3) is 0 Å². The zero-order valence-electron chi connectivity index (χ0n) is 11.3. The number of nitrogens with one attached hydrogen (secondary N) is 1. The Labute approximate surface area is 120 Å². The second-order valence-electron chi connectivity index (χ2n) is 3.45. The fraction of sp³-hybridized carbons (Fsp3) is 0.250. The van der Waals surface area contributed by atoms with Gasteiger partial charge in [-0.25, -0.2) is 4.99 Å². The van der Waals surface area contributed by atoms with Crippen LogP contribution in [0.15, 0.2) is 17.1 Å². The van der Waals surface area contributed by atoms with E-state index in [0.717, 1.165) is 0 Å². The summed E-state index contributed by atoms with van der Waals surface area (Å²) in [6.07, 6.45) is 3.51. The average molecular weight is 294 g/mol. The van der Waals surface area contributed by atoms with Gasteiger partial charge < -0.3 is 15.2 Å². The van der Waals surface area contributed by atoms with Crippen molar-refractivity contribution in [1.82, 2.24) is 5.32 Å². The topological polar surface area (TPSA) is 110 Å². The van der Waals surface area contributed by atoms with Crippen LogP contribution in [-0.4, -0.2) is 31.6 Å². The molecule has 0 heterocycles. The van der Waals surface area contributed by atoms with Crippen molar-refractivity contribution < 1.29 is 14.3 Å². The molecule has 7 nitrogen and oxygen atoms in total. The van der Waals surface area contributed by atoms with E-state index in [1.807, 2.05) is 0 Å². The summed E-state index contributed by atoms with van der Waals surface area (Å²) in [5.74, 6) is 0.134. The van der Waals surface area contributed by atoms with Gasteiger partial charge in [-0.05, 0) is 12.3 Å².